The highest BCUT2D eigenvalue weighted by Crippen LogP contribution is 2.41. The summed E-state index contributed by atoms with van der Waals surface area (Å²) in [7, 11) is 1.63. The molecular weight excluding hydrogens is 354 g/mol. The number of amides is 1. The maximum atomic E-state index is 12.5. The number of anilines is 1. The monoisotopic (exact) mass is 377 g/mol. The molecule has 4 rings (SSSR count). The minimum atomic E-state index is -0.0937. The molecule has 1 amide bonds. The van der Waals surface area contributed by atoms with Gasteiger partial charge in [0.15, 0.2) is 0 Å². The van der Waals surface area contributed by atoms with Gasteiger partial charge in [-0.25, -0.2) is 4.68 Å². The highest BCUT2D eigenvalue weighted by Gasteiger charge is 2.32. The molecule has 0 aliphatic carbocycles. The Hall–Kier alpha value is -3.28. The molecule has 3 aromatic rings. The van der Waals surface area contributed by atoms with Gasteiger partial charge in [-0.3, -0.25) is 4.79 Å². The molecule has 2 heterocycles. The highest BCUT2D eigenvalue weighted by molar-refractivity contribution is 5.94. The molecule has 6 heteroatoms. The number of fused-ring (bicyclic) bond motifs is 1. The molecule has 1 N–H and O–H groups in total. The van der Waals surface area contributed by atoms with E-state index in [2.05, 4.69) is 17.3 Å². The minimum Gasteiger partial charge on any atom is -0.497 e. The van der Waals surface area contributed by atoms with E-state index in [0.717, 1.165) is 34.7 Å². The Labute approximate surface area is 164 Å². The standard InChI is InChI=1S/C22H23N3O3/c1-3-12-28-20-7-5-4-6-17(20)18-13-21(26)24-22-19(18)14-23-25(22)15-8-10-16(27-2)11-9-15/h4-11,14,18H,3,12-13H2,1-2H3,(H,24,26)/t18-/m0/s1. The largest absolute Gasteiger partial charge is 0.497 e. The third-order valence-electron chi connectivity index (χ3n) is 4.89. The van der Waals surface area contributed by atoms with Gasteiger partial charge in [0.25, 0.3) is 0 Å². The topological polar surface area (TPSA) is 65.4 Å². The zero-order chi connectivity index (χ0) is 19.5. The highest BCUT2D eigenvalue weighted by atomic mass is 16.5. The second kappa shape index (κ2) is 7.76. The lowest BCUT2D eigenvalue weighted by Crippen LogP contribution is -2.25. The number of carbonyl (C=O) groups is 1. The Kier molecular flexibility index (Phi) is 5.02. The minimum absolute atomic E-state index is 0.0296. The van der Waals surface area contributed by atoms with Gasteiger partial charge < -0.3 is 14.8 Å². The summed E-state index contributed by atoms with van der Waals surface area (Å²) in [4.78, 5) is 12.5. The van der Waals surface area contributed by atoms with Gasteiger partial charge >= 0.3 is 0 Å². The van der Waals surface area contributed by atoms with Crippen LogP contribution in [0, 0.1) is 0 Å². The zero-order valence-corrected chi connectivity index (χ0v) is 16.0. The van der Waals surface area contributed by atoms with Gasteiger partial charge in [0.2, 0.25) is 5.91 Å². The number of para-hydroxylation sites is 1. The Bertz CT molecular complexity index is 979. The van der Waals surface area contributed by atoms with Gasteiger partial charge in [0, 0.05) is 23.5 Å². The molecule has 0 bridgehead atoms. The third-order valence-corrected chi connectivity index (χ3v) is 4.89. The predicted molar refractivity (Wildman–Crippen MR) is 107 cm³/mol. The van der Waals surface area contributed by atoms with Crippen LogP contribution in [0.2, 0.25) is 0 Å². The molecule has 144 valence electrons. The van der Waals surface area contributed by atoms with Crippen LogP contribution >= 0.6 is 0 Å². The molecule has 0 radical (unpaired) electrons. The van der Waals surface area contributed by atoms with E-state index in [9.17, 15) is 4.79 Å². The summed E-state index contributed by atoms with van der Waals surface area (Å²) in [5.41, 5.74) is 2.86. The summed E-state index contributed by atoms with van der Waals surface area (Å²) in [5.74, 6) is 2.18. The number of ether oxygens (including phenoxy) is 2. The lowest BCUT2D eigenvalue weighted by molar-refractivity contribution is -0.116. The average molecular weight is 377 g/mol. The maximum Gasteiger partial charge on any atom is 0.226 e. The molecule has 1 aromatic heterocycles. The van der Waals surface area contributed by atoms with Crippen LogP contribution in [0.4, 0.5) is 5.82 Å². The second-order valence-corrected chi connectivity index (χ2v) is 6.75. The SMILES string of the molecule is CCCOc1ccccc1[C@@H]1CC(=O)Nc2c1cnn2-c1ccc(OC)cc1. The second-order valence-electron chi connectivity index (χ2n) is 6.75. The van der Waals surface area contributed by atoms with E-state index in [4.69, 9.17) is 9.47 Å². The van der Waals surface area contributed by atoms with Crippen molar-refractivity contribution in [3.8, 4) is 17.2 Å². The van der Waals surface area contributed by atoms with Crippen molar-refractivity contribution in [2.45, 2.75) is 25.7 Å². The van der Waals surface area contributed by atoms with E-state index in [1.54, 1.807) is 11.8 Å². The number of hydrogen-bond acceptors (Lipinski definition) is 4. The molecule has 1 aliphatic heterocycles. The van der Waals surface area contributed by atoms with Crippen LogP contribution in [0.3, 0.4) is 0 Å². The molecule has 0 saturated carbocycles. The van der Waals surface area contributed by atoms with E-state index < -0.39 is 0 Å². The molecule has 1 aliphatic rings. The lowest BCUT2D eigenvalue weighted by Gasteiger charge is -2.25. The van der Waals surface area contributed by atoms with Crippen molar-refractivity contribution in [2.24, 2.45) is 0 Å². The summed E-state index contributed by atoms with van der Waals surface area (Å²) in [5, 5.41) is 7.53. The first-order valence-corrected chi connectivity index (χ1v) is 9.45. The summed E-state index contributed by atoms with van der Waals surface area (Å²) in [6.45, 7) is 2.72. The quantitative estimate of drug-likeness (QED) is 0.701. The van der Waals surface area contributed by atoms with Gasteiger partial charge in [-0.05, 0) is 36.8 Å². The summed E-state index contributed by atoms with van der Waals surface area (Å²) >= 11 is 0. The summed E-state index contributed by atoms with van der Waals surface area (Å²) in [6.07, 6.45) is 3.13. The van der Waals surface area contributed by atoms with Crippen LogP contribution in [-0.4, -0.2) is 29.4 Å². The van der Waals surface area contributed by atoms with Crippen molar-refractivity contribution in [2.75, 3.05) is 19.0 Å². The van der Waals surface area contributed by atoms with Gasteiger partial charge in [-0.2, -0.15) is 5.10 Å². The van der Waals surface area contributed by atoms with Crippen LogP contribution in [0.5, 0.6) is 11.5 Å². The molecule has 2 aromatic carbocycles. The number of rotatable bonds is 6. The Morgan fingerprint density at radius 1 is 1.14 bits per heavy atom. The smallest absolute Gasteiger partial charge is 0.226 e. The fourth-order valence-electron chi connectivity index (χ4n) is 3.53. The molecule has 6 nitrogen and oxygen atoms in total. The fraction of sp³-hybridized carbons (Fsp3) is 0.273. The van der Waals surface area contributed by atoms with Gasteiger partial charge in [-0.15, -0.1) is 0 Å². The third kappa shape index (κ3) is 3.33. The Morgan fingerprint density at radius 2 is 1.93 bits per heavy atom. The maximum absolute atomic E-state index is 12.5. The summed E-state index contributed by atoms with van der Waals surface area (Å²) < 4.78 is 12.9. The van der Waals surface area contributed by atoms with Crippen LogP contribution in [0.1, 0.15) is 36.8 Å². The van der Waals surface area contributed by atoms with Crippen molar-refractivity contribution in [1.29, 1.82) is 0 Å². The normalized spacial score (nSPS) is 15.6. The number of nitrogens with zero attached hydrogens (tertiary/aromatic N) is 2. The number of nitrogens with one attached hydrogen (secondary N) is 1. The molecule has 28 heavy (non-hydrogen) atoms. The van der Waals surface area contributed by atoms with Gasteiger partial charge in [0.1, 0.15) is 17.3 Å². The first-order valence-electron chi connectivity index (χ1n) is 9.45. The first kappa shape index (κ1) is 18.1. The molecular formula is C22H23N3O3. The lowest BCUT2D eigenvalue weighted by atomic mass is 9.87. The van der Waals surface area contributed by atoms with E-state index in [0.29, 0.717) is 18.8 Å². The van der Waals surface area contributed by atoms with E-state index in [-0.39, 0.29) is 11.8 Å². The van der Waals surface area contributed by atoms with Gasteiger partial charge in [-0.1, -0.05) is 25.1 Å². The van der Waals surface area contributed by atoms with Crippen LogP contribution in [-0.2, 0) is 4.79 Å². The van der Waals surface area contributed by atoms with Crippen molar-refractivity contribution < 1.29 is 14.3 Å². The molecule has 0 saturated heterocycles. The van der Waals surface area contributed by atoms with E-state index in [1.165, 1.54) is 0 Å². The fourth-order valence-corrected chi connectivity index (χ4v) is 3.53. The molecule has 1 atom stereocenters. The van der Waals surface area contributed by atoms with E-state index >= 15 is 0 Å². The zero-order valence-electron chi connectivity index (χ0n) is 16.0. The number of aromatic nitrogens is 2. The number of carbonyl (C=O) groups excluding carboxylic acids is 1. The Morgan fingerprint density at radius 3 is 2.68 bits per heavy atom. The molecule has 0 unspecified atom stereocenters. The van der Waals surface area contributed by atoms with Gasteiger partial charge in [0.05, 0.1) is 25.6 Å². The van der Waals surface area contributed by atoms with Crippen molar-refractivity contribution in [3.63, 3.8) is 0 Å². The predicted octanol–water partition coefficient (Wildman–Crippen LogP) is 4.14. The van der Waals surface area contributed by atoms with Crippen molar-refractivity contribution in [1.82, 2.24) is 9.78 Å². The average Bonchev–Trinajstić information content (AvgIpc) is 3.15. The van der Waals surface area contributed by atoms with E-state index in [1.807, 2.05) is 54.7 Å². The number of benzene rings is 2. The summed E-state index contributed by atoms with van der Waals surface area (Å²) in [6, 6.07) is 15.5. The van der Waals surface area contributed by atoms with Crippen LogP contribution in [0.15, 0.2) is 54.7 Å². The van der Waals surface area contributed by atoms with Crippen molar-refractivity contribution >= 4 is 11.7 Å². The number of hydrogen-bond donors (Lipinski definition) is 1. The Balaban J connectivity index is 1.75. The van der Waals surface area contributed by atoms with Crippen LogP contribution < -0.4 is 14.8 Å². The molecule has 0 spiro atoms. The van der Waals surface area contributed by atoms with Crippen LogP contribution in [0.25, 0.3) is 5.69 Å². The number of methoxy groups -OCH3 is 1. The first-order chi connectivity index (χ1) is 13.7. The molecule has 0 fully saturated rings. The van der Waals surface area contributed by atoms with Crippen molar-refractivity contribution in [3.05, 3.63) is 65.9 Å².